The first-order chi connectivity index (χ1) is 5.35. The molecule has 64 valence electrons. The van der Waals surface area contributed by atoms with E-state index in [0.29, 0.717) is 0 Å². The summed E-state index contributed by atoms with van der Waals surface area (Å²) in [6.07, 6.45) is 2.28. The maximum atomic E-state index is 5.03. The van der Waals surface area contributed by atoms with Crippen LogP contribution >= 0.6 is 11.3 Å². The molecule has 0 spiro atoms. The van der Waals surface area contributed by atoms with Crippen molar-refractivity contribution in [1.29, 1.82) is 0 Å². The number of hydrogen-bond donors (Lipinski definition) is 1. The van der Waals surface area contributed by atoms with Crippen molar-refractivity contribution in [2.75, 3.05) is 6.54 Å². The third kappa shape index (κ3) is 6.07. The first-order valence-electron chi connectivity index (χ1n) is 4.07. The maximum Gasteiger partial charge on any atom is 0.00424 e. The van der Waals surface area contributed by atoms with Gasteiger partial charge in [0.05, 0.1) is 0 Å². The van der Waals surface area contributed by atoms with Crippen molar-refractivity contribution in [1.82, 2.24) is 0 Å². The van der Waals surface area contributed by atoms with Gasteiger partial charge in [-0.1, -0.05) is 19.9 Å². The summed E-state index contributed by atoms with van der Waals surface area (Å²) in [5.41, 5.74) is 5.03. The molecule has 0 atom stereocenters. The minimum Gasteiger partial charge on any atom is -0.330 e. The van der Waals surface area contributed by atoms with Crippen molar-refractivity contribution < 1.29 is 0 Å². The average molecular weight is 171 g/mol. The van der Waals surface area contributed by atoms with Crippen molar-refractivity contribution in [2.45, 2.75) is 26.7 Å². The molecule has 1 nitrogen and oxygen atoms in total. The third-order valence-electron chi connectivity index (χ3n) is 1.22. The molecule has 1 rings (SSSR count). The summed E-state index contributed by atoms with van der Waals surface area (Å²) in [4.78, 5) is 1.47. The summed E-state index contributed by atoms with van der Waals surface area (Å²) in [7, 11) is 0. The fraction of sp³-hybridized carbons (Fsp3) is 0.556. The number of hydrogen-bond acceptors (Lipinski definition) is 2. The van der Waals surface area contributed by atoms with Crippen LogP contribution in [0.25, 0.3) is 0 Å². The van der Waals surface area contributed by atoms with Crippen LogP contribution < -0.4 is 5.73 Å². The molecule has 2 N–H and O–H groups in total. The summed E-state index contributed by atoms with van der Waals surface area (Å²) < 4.78 is 0. The van der Waals surface area contributed by atoms with E-state index in [1.54, 1.807) is 0 Å². The zero-order valence-electron chi connectivity index (χ0n) is 7.34. The van der Waals surface area contributed by atoms with Gasteiger partial charge in [0, 0.05) is 4.88 Å². The highest BCUT2D eigenvalue weighted by molar-refractivity contribution is 7.09. The minimum absolute atomic E-state index is 0.819. The summed E-state index contributed by atoms with van der Waals surface area (Å²) >= 11 is 1.82. The Balaban J connectivity index is 0.000000218. The van der Waals surface area contributed by atoms with E-state index in [4.69, 9.17) is 5.73 Å². The Bertz CT molecular complexity index is 145. The highest BCUT2D eigenvalue weighted by Crippen LogP contribution is 2.07. The first kappa shape index (κ1) is 10.7. The number of nitrogens with two attached hydrogens (primary N) is 1. The predicted octanol–water partition coefficient (Wildman–Crippen LogP) is 2.67. The fourth-order valence-electron chi connectivity index (χ4n) is 0.514. The Kier molecular flexibility index (Phi) is 7.52. The summed E-state index contributed by atoms with van der Waals surface area (Å²) in [6.45, 7) is 5.05. The molecule has 0 aliphatic heterocycles. The molecular weight excluding hydrogens is 154 g/mol. The standard InChI is InChI=1S/C6H8S.C3H9N/c1-2-6-4-3-5-7-6;1-2-3-4/h3-5H,2H2,1H3;2-4H2,1H3. The van der Waals surface area contributed by atoms with E-state index in [-0.39, 0.29) is 0 Å². The Labute approximate surface area is 73.2 Å². The van der Waals surface area contributed by atoms with Gasteiger partial charge in [-0.3, -0.25) is 0 Å². The normalized spacial score (nSPS) is 8.64. The van der Waals surface area contributed by atoms with E-state index in [9.17, 15) is 0 Å². The molecule has 2 heteroatoms. The Morgan fingerprint density at radius 1 is 1.45 bits per heavy atom. The molecule has 0 aliphatic carbocycles. The second-order valence-electron chi connectivity index (χ2n) is 2.22. The van der Waals surface area contributed by atoms with Crippen LogP contribution in [-0.2, 0) is 6.42 Å². The molecule has 0 saturated carbocycles. The summed E-state index contributed by atoms with van der Waals surface area (Å²) in [5, 5.41) is 2.11. The van der Waals surface area contributed by atoms with Crippen LogP contribution in [0.2, 0.25) is 0 Å². The fourth-order valence-corrected chi connectivity index (χ4v) is 1.17. The molecule has 0 aliphatic rings. The monoisotopic (exact) mass is 171 g/mol. The molecule has 0 unspecified atom stereocenters. The van der Waals surface area contributed by atoms with Gasteiger partial charge < -0.3 is 5.73 Å². The SMILES string of the molecule is CCCN.CCc1cccs1. The zero-order valence-corrected chi connectivity index (χ0v) is 8.16. The Morgan fingerprint density at radius 2 is 2.09 bits per heavy atom. The molecule has 0 amide bonds. The molecule has 1 aromatic rings. The third-order valence-corrected chi connectivity index (χ3v) is 2.24. The molecule has 0 fully saturated rings. The summed E-state index contributed by atoms with van der Waals surface area (Å²) in [5.74, 6) is 0. The van der Waals surface area contributed by atoms with Gasteiger partial charge in [-0.15, -0.1) is 11.3 Å². The summed E-state index contributed by atoms with van der Waals surface area (Å²) in [6, 6.07) is 4.24. The molecule has 0 radical (unpaired) electrons. The zero-order chi connectivity index (χ0) is 8.53. The number of rotatable bonds is 2. The van der Waals surface area contributed by atoms with Crippen molar-refractivity contribution in [3.05, 3.63) is 22.4 Å². The lowest BCUT2D eigenvalue weighted by Crippen LogP contribution is -1.93. The van der Waals surface area contributed by atoms with Crippen LogP contribution in [-0.4, -0.2) is 6.54 Å². The van der Waals surface area contributed by atoms with Crippen LogP contribution in [0.1, 0.15) is 25.1 Å². The van der Waals surface area contributed by atoms with Gasteiger partial charge in [0.15, 0.2) is 0 Å². The minimum atomic E-state index is 0.819. The Morgan fingerprint density at radius 3 is 2.27 bits per heavy atom. The van der Waals surface area contributed by atoms with Gasteiger partial charge in [0.2, 0.25) is 0 Å². The molecule has 0 aromatic carbocycles. The van der Waals surface area contributed by atoms with Crippen LogP contribution in [0.4, 0.5) is 0 Å². The van der Waals surface area contributed by atoms with Gasteiger partial charge in [-0.05, 0) is 30.8 Å². The van der Waals surface area contributed by atoms with Gasteiger partial charge in [-0.2, -0.15) is 0 Å². The molecule has 0 bridgehead atoms. The first-order valence-corrected chi connectivity index (χ1v) is 4.95. The smallest absolute Gasteiger partial charge is 0.00424 e. The molecular formula is C9H17NS. The highest BCUT2D eigenvalue weighted by Gasteiger charge is 1.82. The Hall–Kier alpha value is -0.340. The van der Waals surface area contributed by atoms with Crippen molar-refractivity contribution in [3.8, 4) is 0 Å². The van der Waals surface area contributed by atoms with Crippen molar-refractivity contribution >= 4 is 11.3 Å². The van der Waals surface area contributed by atoms with E-state index in [1.165, 1.54) is 11.3 Å². The van der Waals surface area contributed by atoms with Crippen LogP contribution in [0.15, 0.2) is 17.5 Å². The van der Waals surface area contributed by atoms with E-state index >= 15 is 0 Å². The second-order valence-corrected chi connectivity index (χ2v) is 3.25. The predicted molar refractivity (Wildman–Crippen MR) is 53.0 cm³/mol. The van der Waals surface area contributed by atoms with Crippen LogP contribution in [0.3, 0.4) is 0 Å². The van der Waals surface area contributed by atoms with Gasteiger partial charge in [0.1, 0.15) is 0 Å². The largest absolute Gasteiger partial charge is 0.330 e. The van der Waals surface area contributed by atoms with Crippen molar-refractivity contribution in [3.63, 3.8) is 0 Å². The van der Waals surface area contributed by atoms with E-state index < -0.39 is 0 Å². The van der Waals surface area contributed by atoms with E-state index in [0.717, 1.165) is 13.0 Å². The highest BCUT2D eigenvalue weighted by atomic mass is 32.1. The molecule has 0 saturated heterocycles. The average Bonchev–Trinajstić information content (AvgIpc) is 2.56. The van der Waals surface area contributed by atoms with Gasteiger partial charge in [0.25, 0.3) is 0 Å². The van der Waals surface area contributed by atoms with E-state index in [2.05, 4.69) is 31.4 Å². The second kappa shape index (κ2) is 7.76. The molecule has 11 heavy (non-hydrogen) atoms. The van der Waals surface area contributed by atoms with Crippen LogP contribution in [0.5, 0.6) is 0 Å². The number of aryl methyl sites for hydroxylation is 1. The lowest BCUT2D eigenvalue weighted by atomic mass is 10.4. The van der Waals surface area contributed by atoms with E-state index in [1.807, 2.05) is 11.3 Å². The van der Waals surface area contributed by atoms with Gasteiger partial charge >= 0.3 is 0 Å². The lowest BCUT2D eigenvalue weighted by molar-refractivity contribution is 0.932. The topological polar surface area (TPSA) is 26.0 Å². The quantitative estimate of drug-likeness (QED) is 0.727. The van der Waals surface area contributed by atoms with Crippen molar-refractivity contribution in [2.24, 2.45) is 5.73 Å². The van der Waals surface area contributed by atoms with Gasteiger partial charge in [-0.25, -0.2) is 0 Å². The maximum absolute atomic E-state index is 5.03. The lowest BCUT2D eigenvalue weighted by Gasteiger charge is -1.78. The molecule has 1 heterocycles. The van der Waals surface area contributed by atoms with Crippen LogP contribution in [0, 0.1) is 0 Å². The molecule has 1 aromatic heterocycles. The number of thiophene rings is 1.